The Kier molecular flexibility index (Phi) is 2.20. The van der Waals surface area contributed by atoms with Gasteiger partial charge in [0.2, 0.25) is 5.91 Å². The molecule has 0 unspecified atom stereocenters. The number of rotatable bonds is 0. The first-order valence-corrected chi connectivity index (χ1v) is 4.42. The number of benzene rings is 1. The maximum absolute atomic E-state index is 11.1. The van der Waals surface area contributed by atoms with E-state index in [4.69, 9.17) is 11.6 Å². The van der Waals surface area contributed by atoms with Crippen molar-refractivity contribution < 1.29 is 4.79 Å². The molecule has 0 saturated carbocycles. The number of hydrogen-bond donors (Lipinski definition) is 2. The normalized spacial score (nSPS) is 15.9. The van der Waals surface area contributed by atoms with Gasteiger partial charge in [-0.25, -0.2) is 0 Å². The second-order valence-electron chi connectivity index (χ2n) is 2.95. The lowest BCUT2D eigenvalue weighted by Gasteiger charge is -2.05. The summed E-state index contributed by atoms with van der Waals surface area (Å²) in [5, 5.41) is 6.49. The smallest absolute Gasteiger partial charge is 0.238 e. The van der Waals surface area contributed by atoms with E-state index in [9.17, 15) is 4.79 Å². The molecule has 4 heteroatoms. The molecule has 0 radical (unpaired) electrons. The predicted molar refractivity (Wildman–Crippen MR) is 51.8 cm³/mol. The van der Waals surface area contributed by atoms with E-state index in [2.05, 4.69) is 10.6 Å². The minimum absolute atomic E-state index is 0.0129. The van der Waals surface area contributed by atoms with Crippen molar-refractivity contribution in [3.63, 3.8) is 0 Å². The van der Waals surface area contributed by atoms with Crippen LogP contribution in [0.15, 0.2) is 18.2 Å². The molecule has 1 aliphatic heterocycles. The van der Waals surface area contributed by atoms with Crippen LogP contribution < -0.4 is 10.6 Å². The molecule has 13 heavy (non-hydrogen) atoms. The fourth-order valence-electron chi connectivity index (χ4n) is 1.34. The molecule has 0 fully saturated rings. The molecule has 0 aliphatic carbocycles. The number of anilines is 1. The summed E-state index contributed by atoms with van der Waals surface area (Å²) in [6, 6.07) is 5.45. The number of fused-ring (bicyclic) bond motifs is 1. The molecule has 1 aliphatic rings. The van der Waals surface area contributed by atoms with E-state index in [1.807, 2.05) is 12.1 Å². The molecule has 0 spiro atoms. The highest BCUT2D eigenvalue weighted by atomic mass is 35.5. The van der Waals surface area contributed by atoms with E-state index in [1.165, 1.54) is 0 Å². The van der Waals surface area contributed by atoms with Crippen LogP contribution in [0.25, 0.3) is 0 Å². The van der Waals surface area contributed by atoms with Crippen LogP contribution in [0.2, 0.25) is 5.02 Å². The number of hydrogen-bond acceptors (Lipinski definition) is 2. The van der Waals surface area contributed by atoms with Crippen molar-refractivity contribution >= 4 is 23.2 Å². The summed E-state index contributed by atoms with van der Waals surface area (Å²) >= 11 is 5.83. The minimum Gasteiger partial charge on any atom is -0.325 e. The Morgan fingerprint density at radius 1 is 1.31 bits per heavy atom. The predicted octanol–water partition coefficient (Wildman–Crippen LogP) is 1.38. The van der Waals surface area contributed by atoms with E-state index in [0.29, 0.717) is 18.1 Å². The number of carbonyl (C=O) groups excluding carboxylic acids is 1. The van der Waals surface area contributed by atoms with Gasteiger partial charge >= 0.3 is 0 Å². The third-order valence-electron chi connectivity index (χ3n) is 1.94. The van der Waals surface area contributed by atoms with Gasteiger partial charge in [0.05, 0.1) is 6.54 Å². The highest BCUT2D eigenvalue weighted by Gasteiger charge is 2.11. The van der Waals surface area contributed by atoms with Gasteiger partial charge in [0.25, 0.3) is 0 Å². The van der Waals surface area contributed by atoms with Gasteiger partial charge in [0.1, 0.15) is 0 Å². The van der Waals surface area contributed by atoms with Gasteiger partial charge in [-0.2, -0.15) is 0 Å². The van der Waals surface area contributed by atoms with Crippen molar-refractivity contribution in [1.82, 2.24) is 5.32 Å². The van der Waals surface area contributed by atoms with Crippen molar-refractivity contribution in [1.29, 1.82) is 0 Å². The fraction of sp³-hybridized carbons (Fsp3) is 0.222. The van der Waals surface area contributed by atoms with E-state index >= 15 is 0 Å². The quantitative estimate of drug-likeness (QED) is 0.668. The molecule has 2 rings (SSSR count). The van der Waals surface area contributed by atoms with Crippen LogP contribution >= 0.6 is 11.6 Å². The zero-order valence-electron chi connectivity index (χ0n) is 6.93. The third-order valence-corrected chi connectivity index (χ3v) is 2.18. The van der Waals surface area contributed by atoms with Crippen molar-refractivity contribution in [2.24, 2.45) is 0 Å². The lowest BCUT2D eigenvalue weighted by Crippen LogP contribution is -2.23. The summed E-state index contributed by atoms with van der Waals surface area (Å²) in [5.74, 6) is -0.0129. The van der Waals surface area contributed by atoms with Gasteiger partial charge in [-0.15, -0.1) is 0 Å². The number of amides is 1. The van der Waals surface area contributed by atoms with Gasteiger partial charge in [-0.1, -0.05) is 11.6 Å². The number of carbonyl (C=O) groups is 1. The average Bonchev–Trinajstić information content (AvgIpc) is 2.25. The van der Waals surface area contributed by atoms with Crippen molar-refractivity contribution in [2.75, 3.05) is 11.9 Å². The van der Waals surface area contributed by atoms with Gasteiger partial charge < -0.3 is 10.6 Å². The van der Waals surface area contributed by atoms with Gasteiger partial charge in [0, 0.05) is 17.3 Å². The van der Waals surface area contributed by atoms with Crippen molar-refractivity contribution in [2.45, 2.75) is 6.54 Å². The van der Waals surface area contributed by atoms with Crippen LogP contribution in [0.5, 0.6) is 0 Å². The molecule has 68 valence electrons. The Bertz CT molecular complexity index is 351. The lowest BCUT2D eigenvalue weighted by molar-refractivity contribution is -0.115. The van der Waals surface area contributed by atoms with Gasteiger partial charge in [0.15, 0.2) is 0 Å². The van der Waals surface area contributed by atoms with E-state index < -0.39 is 0 Å². The Hall–Kier alpha value is -1.06. The summed E-state index contributed by atoms with van der Waals surface area (Å²) in [6.45, 7) is 1.03. The maximum atomic E-state index is 11.1. The molecule has 3 nitrogen and oxygen atoms in total. The van der Waals surface area contributed by atoms with Crippen LogP contribution in [-0.4, -0.2) is 12.5 Å². The molecule has 1 heterocycles. The third kappa shape index (κ3) is 1.82. The molecule has 0 bridgehead atoms. The Balaban J connectivity index is 2.40. The van der Waals surface area contributed by atoms with E-state index in [1.54, 1.807) is 6.07 Å². The fourth-order valence-corrected chi connectivity index (χ4v) is 1.53. The second-order valence-corrected chi connectivity index (χ2v) is 3.39. The molecule has 2 N–H and O–H groups in total. The first kappa shape index (κ1) is 8.53. The standard InChI is InChI=1S/C9H9ClN2O/c10-7-1-2-8-6(3-7)4-11-5-9(13)12-8/h1-3,11H,4-5H2,(H,12,13)/i1+1,2+1,3+1,6+1,7+1,8+1. The first-order valence-electron chi connectivity index (χ1n) is 4.05. The molecule has 1 aromatic carbocycles. The first-order chi connectivity index (χ1) is 6.25. The summed E-state index contributed by atoms with van der Waals surface area (Å²) in [4.78, 5) is 11.1. The number of nitrogens with one attached hydrogen (secondary N) is 2. The van der Waals surface area contributed by atoms with Crippen LogP contribution in [0.4, 0.5) is 5.69 Å². The second kappa shape index (κ2) is 3.36. The van der Waals surface area contributed by atoms with Gasteiger partial charge in [-0.05, 0) is 23.8 Å². The summed E-state index contributed by atoms with van der Waals surface area (Å²) in [5.41, 5.74) is 1.87. The monoisotopic (exact) mass is 202 g/mol. The molecular formula is C9H9ClN2O. The average molecular weight is 203 g/mol. The largest absolute Gasteiger partial charge is 0.325 e. The minimum atomic E-state index is -0.0129. The van der Waals surface area contributed by atoms with Crippen LogP contribution in [0.3, 0.4) is 0 Å². The SMILES string of the molecule is O=C1CNC[13c]2[13cH][13c](Cl)[13cH][13cH][13c]2N1. The van der Waals surface area contributed by atoms with E-state index in [-0.39, 0.29) is 5.91 Å². The van der Waals surface area contributed by atoms with E-state index in [0.717, 1.165) is 11.3 Å². The van der Waals surface area contributed by atoms with Crippen LogP contribution in [-0.2, 0) is 11.3 Å². The molecule has 0 atom stereocenters. The summed E-state index contributed by atoms with van der Waals surface area (Å²) < 4.78 is 0. The molecule has 1 aromatic rings. The lowest BCUT2D eigenvalue weighted by atomic mass is 10.6. The molecular weight excluding hydrogens is 194 g/mol. The van der Waals surface area contributed by atoms with Crippen molar-refractivity contribution in [3.8, 4) is 0 Å². The van der Waals surface area contributed by atoms with Crippen molar-refractivity contribution in [3.05, 3.63) is 28.8 Å². The Labute approximate surface area is 81.1 Å². The summed E-state index contributed by atoms with van der Waals surface area (Å²) in [6.07, 6.45) is 0. The Morgan fingerprint density at radius 3 is 3.00 bits per heavy atom. The Morgan fingerprint density at radius 2 is 2.15 bits per heavy atom. The number of halogens is 1. The topological polar surface area (TPSA) is 41.1 Å². The highest BCUT2D eigenvalue weighted by Crippen LogP contribution is 2.21. The zero-order valence-corrected chi connectivity index (χ0v) is 7.69. The van der Waals surface area contributed by atoms with Crippen LogP contribution in [0, 0.1) is 0 Å². The van der Waals surface area contributed by atoms with Gasteiger partial charge in [-0.3, -0.25) is 4.79 Å². The maximum Gasteiger partial charge on any atom is 0.238 e. The molecule has 0 saturated heterocycles. The summed E-state index contributed by atoms with van der Waals surface area (Å²) in [7, 11) is 0. The zero-order chi connectivity index (χ0) is 9.26. The molecule has 0 aromatic heterocycles. The molecule has 1 amide bonds. The highest BCUT2D eigenvalue weighted by molar-refractivity contribution is 6.30. The van der Waals surface area contributed by atoms with Crippen LogP contribution in [0.1, 0.15) is 5.56 Å².